The van der Waals surface area contributed by atoms with E-state index in [1.165, 1.54) is 6.07 Å². The van der Waals surface area contributed by atoms with Gasteiger partial charge >= 0.3 is 0 Å². The van der Waals surface area contributed by atoms with E-state index in [1.54, 1.807) is 19.4 Å². The first-order valence-electron chi connectivity index (χ1n) is 14.3. The average molecular weight is 584 g/mol. The number of pyridine rings is 1. The molecule has 0 bridgehead atoms. The lowest BCUT2D eigenvalue weighted by Gasteiger charge is -2.11. The molecule has 0 radical (unpaired) electrons. The maximum absolute atomic E-state index is 15.4. The highest BCUT2D eigenvalue weighted by Crippen LogP contribution is 2.36. The van der Waals surface area contributed by atoms with Crippen LogP contribution in [0.3, 0.4) is 0 Å². The molecule has 43 heavy (non-hydrogen) atoms. The lowest BCUT2D eigenvalue weighted by atomic mass is 9.95. The van der Waals surface area contributed by atoms with Crippen LogP contribution in [-0.2, 0) is 18.5 Å². The number of carbonyl (C=O) groups excluding carboxylic acids is 1. The highest BCUT2D eigenvalue weighted by Gasteiger charge is 2.27. The van der Waals surface area contributed by atoms with Crippen molar-refractivity contribution in [2.45, 2.75) is 51.6 Å². The van der Waals surface area contributed by atoms with Crippen LogP contribution in [0, 0.1) is 5.82 Å². The van der Waals surface area contributed by atoms with Crippen molar-refractivity contribution in [1.29, 1.82) is 0 Å². The third-order valence-electron chi connectivity index (χ3n) is 7.67. The van der Waals surface area contributed by atoms with E-state index in [1.807, 2.05) is 61.9 Å². The van der Waals surface area contributed by atoms with Crippen molar-refractivity contribution >= 4 is 16.9 Å². The van der Waals surface area contributed by atoms with Gasteiger partial charge in [-0.3, -0.25) is 4.79 Å². The Hall–Kier alpha value is -4.64. The molecule has 1 atom stereocenters. The topological polar surface area (TPSA) is 120 Å². The van der Waals surface area contributed by atoms with E-state index in [2.05, 4.69) is 20.8 Å². The third-order valence-corrected chi connectivity index (χ3v) is 7.67. The molecular weight excluding hydrogens is 549 g/mol. The predicted octanol–water partition coefficient (Wildman–Crippen LogP) is 4.98. The molecule has 1 unspecified atom stereocenters. The van der Waals surface area contributed by atoms with Gasteiger partial charge in [-0.1, -0.05) is 50.2 Å². The quantitative estimate of drug-likeness (QED) is 0.263. The number of halogens is 1. The average Bonchev–Trinajstić information content (AvgIpc) is 3.77. The van der Waals surface area contributed by atoms with Gasteiger partial charge < -0.3 is 19.9 Å². The van der Waals surface area contributed by atoms with Crippen LogP contribution in [0.4, 0.5) is 4.39 Å². The van der Waals surface area contributed by atoms with Gasteiger partial charge in [0.2, 0.25) is 5.89 Å². The fraction of sp³-hybridized carbons (Fsp3) is 0.344. The minimum atomic E-state index is -0.530. The molecule has 2 N–H and O–H groups in total. The number of methoxy groups -OCH3 is 1. The van der Waals surface area contributed by atoms with Crippen LogP contribution < -0.4 is 15.4 Å². The summed E-state index contributed by atoms with van der Waals surface area (Å²) in [5.74, 6) is 0.338. The Balaban J connectivity index is 1.29. The molecule has 1 saturated heterocycles. The van der Waals surface area contributed by atoms with Crippen LogP contribution in [-0.4, -0.2) is 51.0 Å². The molecule has 11 heteroatoms. The summed E-state index contributed by atoms with van der Waals surface area (Å²) in [5.41, 5.74) is 4.32. The first-order chi connectivity index (χ1) is 20.7. The smallest absolute Gasteiger partial charge is 0.292 e. The molecule has 0 saturated carbocycles. The number of nitrogens with zero attached hydrogens (tertiary/aromatic N) is 5. The SMILES string of the molecule is COc1ccc(Cn2nc(C3CCNC3)c3c(-c4ccc(CNC(=O)c5noc(C(C)(C)C)n5)c(F)c4)ccnc32)cc1. The van der Waals surface area contributed by atoms with Crippen molar-refractivity contribution in [1.82, 2.24) is 35.5 Å². The van der Waals surface area contributed by atoms with Crippen LogP contribution in [0.15, 0.2) is 59.3 Å². The number of carbonyl (C=O) groups is 1. The van der Waals surface area contributed by atoms with Gasteiger partial charge in [0.25, 0.3) is 11.7 Å². The summed E-state index contributed by atoms with van der Waals surface area (Å²) in [5, 5.41) is 15.9. The van der Waals surface area contributed by atoms with Crippen LogP contribution in [0.2, 0.25) is 0 Å². The summed E-state index contributed by atoms with van der Waals surface area (Å²) < 4.78 is 27.9. The van der Waals surface area contributed by atoms with Crippen LogP contribution in [0.1, 0.15) is 66.4 Å². The lowest BCUT2D eigenvalue weighted by molar-refractivity contribution is 0.0937. The molecule has 3 aromatic heterocycles. The van der Waals surface area contributed by atoms with Crippen molar-refractivity contribution in [3.63, 3.8) is 0 Å². The van der Waals surface area contributed by atoms with E-state index in [0.29, 0.717) is 23.6 Å². The van der Waals surface area contributed by atoms with Crippen molar-refractivity contribution in [3.05, 3.63) is 89.1 Å². The third kappa shape index (κ3) is 5.85. The Kier molecular flexibility index (Phi) is 7.66. The zero-order valence-electron chi connectivity index (χ0n) is 24.6. The van der Waals surface area contributed by atoms with E-state index in [0.717, 1.165) is 53.1 Å². The van der Waals surface area contributed by atoms with Gasteiger partial charge in [0, 0.05) is 36.2 Å². The Bertz CT molecular complexity index is 1770. The number of aromatic nitrogens is 5. The van der Waals surface area contributed by atoms with Crippen molar-refractivity contribution in [2.75, 3.05) is 20.2 Å². The molecular formula is C32H34FN7O3. The Labute approximate surface area is 248 Å². The molecule has 2 aromatic carbocycles. The summed E-state index contributed by atoms with van der Waals surface area (Å²) in [4.78, 5) is 21.5. The van der Waals surface area contributed by atoms with Gasteiger partial charge in [-0.25, -0.2) is 14.1 Å². The van der Waals surface area contributed by atoms with E-state index < -0.39 is 11.7 Å². The molecule has 10 nitrogen and oxygen atoms in total. The molecule has 1 aliphatic heterocycles. The Morgan fingerprint density at radius 3 is 2.67 bits per heavy atom. The number of ether oxygens (including phenoxy) is 1. The van der Waals surface area contributed by atoms with Gasteiger partial charge in [-0.15, -0.1) is 0 Å². The molecule has 222 valence electrons. The molecule has 0 aliphatic carbocycles. The Morgan fingerprint density at radius 2 is 2.00 bits per heavy atom. The predicted molar refractivity (Wildman–Crippen MR) is 159 cm³/mol. The van der Waals surface area contributed by atoms with E-state index in [9.17, 15) is 4.79 Å². The number of hydrogen-bond donors (Lipinski definition) is 2. The molecule has 1 aliphatic rings. The van der Waals surface area contributed by atoms with Crippen molar-refractivity contribution < 1.29 is 18.4 Å². The van der Waals surface area contributed by atoms with Crippen LogP contribution in [0.5, 0.6) is 5.75 Å². The number of amides is 1. The van der Waals surface area contributed by atoms with E-state index in [4.69, 9.17) is 19.3 Å². The largest absolute Gasteiger partial charge is 0.497 e. The molecule has 6 rings (SSSR count). The van der Waals surface area contributed by atoms with Gasteiger partial charge in [-0.2, -0.15) is 10.1 Å². The summed E-state index contributed by atoms with van der Waals surface area (Å²) in [7, 11) is 1.65. The van der Waals surface area contributed by atoms with E-state index in [-0.39, 0.29) is 23.7 Å². The minimum Gasteiger partial charge on any atom is -0.497 e. The van der Waals surface area contributed by atoms with Gasteiger partial charge in [-0.05, 0) is 53.9 Å². The molecule has 5 aromatic rings. The maximum atomic E-state index is 15.4. The molecule has 1 fully saturated rings. The zero-order chi connectivity index (χ0) is 30.1. The van der Waals surface area contributed by atoms with Crippen LogP contribution >= 0.6 is 0 Å². The fourth-order valence-electron chi connectivity index (χ4n) is 5.29. The van der Waals surface area contributed by atoms with Gasteiger partial charge in [0.1, 0.15) is 11.6 Å². The highest BCUT2D eigenvalue weighted by molar-refractivity contribution is 5.95. The van der Waals surface area contributed by atoms with Crippen LogP contribution in [0.25, 0.3) is 22.2 Å². The summed E-state index contributed by atoms with van der Waals surface area (Å²) >= 11 is 0. The standard InChI is InChI=1S/C32H34FN7O3/c1-32(2,3)31-37-28(39-43-31)30(41)36-17-21-8-7-20(15-25(21)33)24-12-14-35-29-26(24)27(22-11-13-34-16-22)38-40(29)18-19-5-9-23(42-4)10-6-19/h5-10,12,14-15,22,34H,11,13,16-18H2,1-4H3,(H,36,41). The van der Waals surface area contributed by atoms with Gasteiger partial charge in [0.15, 0.2) is 5.65 Å². The van der Waals surface area contributed by atoms with Gasteiger partial charge in [0.05, 0.1) is 24.7 Å². The first-order valence-corrected chi connectivity index (χ1v) is 14.3. The first kappa shape index (κ1) is 28.5. The minimum absolute atomic E-state index is 0.0190. The second kappa shape index (κ2) is 11.6. The summed E-state index contributed by atoms with van der Waals surface area (Å²) in [6.45, 7) is 8.01. The second-order valence-corrected chi connectivity index (χ2v) is 11.8. The fourth-order valence-corrected chi connectivity index (χ4v) is 5.29. The number of hydrogen-bond acceptors (Lipinski definition) is 8. The maximum Gasteiger partial charge on any atom is 0.292 e. The summed E-state index contributed by atoms with van der Waals surface area (Å²) in [6, 6.07) is 14.9. The second-order valence-electron chi connectivity index (χ2n) is 11.8. The van der Waals surface area contributed by atoms with Crippen molar-refractivity contribution in [3.8, 4) is 16.9 Å². The Morgan fingerprint density at radius 1 is 1.19 bits per heavy atom. The molecule has 4 heterocycles. The van der Waals surface area contributed by atoms with Crippen molar-refractivity contribution in [2.24, 2.45) is 0 Å². The monoisotopic (exact) mass is 583 g/mol. The highest BCUT2D eigenvalue weighted by atomic mass is 19.1. The number of fused-ring (bicyclic) bond motifs is 1. The van der Waals surface area contributed by atoms with E-state index >= 15 is 4.39 Å². The lowest BCUT2D eigenvalue weighted by Crippen LogP contribution is -2.24. The summed E-state index contributed by atoms with van der Waals surface area (Å²) in [6.07, 6.45) is 2.71. The number of nitrogens with one attached hydrogen (secondary N) is 2. The number of rotatable bonds is 8. The number of benzene rings is 2. The normalized spacial score (nSPS) is 15.2. The molecule has 1 amide bonds. The molecule has 0 spiro atoms. The zero-order valence-corrected chi connectivity index (χ0v) is 24.6.